The number of aromatic nitrogens is 1. The van der Waals surface area contributed by atoms with Gasteiger partial charge in [-0.3, -0.25) is 4.79 Å². The van der Waals surface area contributed by atoms with E-state index < -0.39 is 0 Å². The molecular weight excluding hydrogens is 282 g/mol. The third-order valence-electron chi connectivity index (χ3n) is 3.61. The van der Waals surface area contributed by atoms with E-state index in [-0.39, 0.29) is 11.3 Å². The number of thioether (sulfide) groups is 1. The van der Waals surface area contributed by atoms with Crippen molar-refractivity contribution >= 4 is 23.5 Å². The molecule has 0 saturated carbocycles. The lowest BCUT2D eigenvalue weighted by Crippen LogP contribution is -2.33. The first kappa shape index (κ1) is 16.1. The Bertz CT molecular complexity index is 503. The van der Waals surface area contributed by atoms with Crippen LogP contribution in [0.15, 0.2) is 12.1 Å². The highest BCUT2D eigenvalue weighted by molar-refractivity contribution is 7.99. The normalized spacial score (nSPS) is 16.5. The molecule has 0 spiro atoms. The summed E-state index contributed by atoms with van der Waals surface area (Å²) in [5.41, 5.74) is 1.62. The number of hydrogen-bond acceptors (Lipinski definition) is 4. The summed E-state index contributed by atoms with van der Waals surface area (Å²) in [6.07, 6.45) is 1.08. The lowest BCUT2D eigenvalue weighted by molar-refractivity contribution is 0.0768. The summed E-state index contributed by atoms with van der Waals surface area (Å²) in [6, 6.07) is 3.80. The third-order valence-corrected chi connectivity index (χ3v) is 4.65. The zero-order chi connectivity index (χ0) is 15.5. The van der Waals surface area contributed by atoms with Crippen molar-refractivity contribution in [2.24, 2.45) is 0 Å². The van der Waals surface area contributed by atoms with Gasteiger partial charge in [0.05, 0.1) is 0 Å². The number of hydrogen-bond donors (Lipinski definition) is 1. The average Bonchev–Trinajstić information content (AvgIpc) is 2.74. The van der Waals surface area contributed by atoms with E-state index in [1.165, 1.54) is 0 Å². The zero-order valence-electron chi connectivity index (χ0n) is 13.4. The molecule has 0 radical (unpaired) electrons. The van der Waals surface area contributed by atoms with Gasteiger partial charge in [-0.1, -0.05) is 20.8 Å². The number of carbonyl (C=O) groups excluding carboxylic acids is 1. The van der Waals surface area contributed by atoms with E-state index in [0.717, 1.165) is 48.1 Å². The third kappa shape index (κ3) is 4.13. The van der Waals surface area contributed by atoms with Crippen molar-refractivity contribution < 1.29 is 4.79 Å². The fraction of sp³-hybridized carbons (Fsp3) is 0.625. The predicted octanol–water partition coefficient (Wildman–Crippen LogP) is 3.00. The van der Waals surface area contributed by atoms with Gasteiger partial charge < -0.3 is 10.2 Å². The van der Waals surface area contributed by atoms with E-state index in [0.29, 0.717) is 0 Å². The van der Waals surface area contributed by atoms with Crippen LogP contribution in [0.1, 0.15) is 43.2 Å². The second-order valence-corrected chi connectivity index (χ2v) is 7.61. The summed E-state index contributed by atoms with van der Waals surface area (Å²) in [5, 5.41) is 3.06. The monoisotopic (exact) mass is 307 g/mol. The minimum Gasteiger partial charge on any atom is -0.373 e. The molecule has 2 heterocycles. The van der Waals surface area contributed by atoms with Crippen LogP contribution in [0.2, 0.25) is 0 Å². The molecule has 21 heavy (non-hydrogen) atoms. The molecule has 2 rings (SSSR count). The lowest BCUT2D eigenvalue weighted by Gasteiger charge is -2.23. The van der Waals surface area contributed by atoms with Crippen molar-refractivity contribution in [3.05, 3.63) is 23.4 Å². The van der Waals surface area contributed by atoms with Crippen LogP contribution >= 0.6 is 11.8 Å². The van der Waals surface area contributed by atoms with Gasteiger partial charge in [-0.05, 0) is 24.3 Å². The summed E-state index contributed by atoms with van der Waals surface area (Å²) < 4.78 is 0. The smallest absolute Gasteiger partial charge is 0.254 e. The topological polar surface area (TPSA) is 45.2 Å². The molecular formula is C16H25N3OS. The molecule has 1 saturated heterocycles. The Kier molecular flexibility index (Phi) is 5.14. The van der Waals surface area contributed by atoms with E-state index in [1.54, 1.807) is 0 Å². The van der Waals surface area contributed by atoms with Crippen LogP contribution in [0.3, 0.4) is 0 Å². The summed E-state index contributed by atoms with van der Waals surface area (Å²) in [5.74, 6) is 3.06. The van der Waals surface area contributed by atoms with Crippen LogP contribution in [0, 0.1) is 0 Å². The van der Waals surface area contributed by atoms with Gasteiger partial charge in [0.2, 0.25) is 0 Å². The standard InChI is InChI=1S/C16H25N3OS/c1-16(2,3)13-10-12(11-14(17-4)18-13)15(20)19-6-5-8-21-9-7-19/h10-11H,5-9H2,1-4H3,(H,17,18). The zero-order valence-corrected chi connectivity index (χ0v) is 14.2. The lowest BCUT2D eigenvalue weighted by atomic mass is 9.90. The highest BCUT2D eigenvalue weighted by atomic mass is 32.2. The summed E-state index contributed by atoms with van der Waals surface area (Å²) >= 11 is 1.93. The fourth-order valence-corrected chi connectivity index (χ4v) is 3.18. The minimum atomic E-state index is -0.0729. The van der Waals surface area contributed by atoms with Gasteiger partial charge in [-0.2, -0.15) is 11.8 Å². The van der Waals surface area contributed by atoms with Crippen LogP contribution in [-0.2, 0) is 5.41 Å². The Labute approximate surface area is 131 Å². The van der Waals surface area contributed by atoms with Crippen LogP contribution in [0.5, 0.6) is 0 Å². The van der Waals surface area contributed by atoms with Crippen LogP contribution in [0.25, 0.3) is 0 Å². The van der Waals surface area contributed by atoms with Crippen molar-refractivity contribution in [2.75, 3.05) is 37.0 Å². The number of amides is 1. The van der Waals surface area contributed by atoms with Crippen molar-refractivity contribution in [3.8, 4) is 0 Å². The first-order chi connectivity index (χ1) is 9.91. The number of nitrogens with zero attached hydrogens (tertiary/aromatic N) is 2. The van der Waals surface area contributed by atoms with Crippen molar-refractivity contribution in [1.82, 2.24) is 9.88 Å². The minimum absolute atomic E-state index is 0.0729. The Hall–Kier alpha value is -1.23. The predicted molar refractivity (Wildman–Crippen MR) is 90.3 cm³/mol. The number of carbonyl (C=O) groups is 1. The molecule has 1 aliphatic rings. The highest BCUT2D eigenvalue weighted by Crippen LogP contribution is 2.24. The highest BCUT2D eigenvalue weighted by Gasteiger charge is 2.22. The molecule has 0 aromatic carbocycles. The SMILES string of the molecule is CNc1cc(C(=O)N2CCCSCC2)cc(C(C)(C)C)n1. The fourth-order valence-electron chi connectivity index (χ4n) is 2.30. The van der Waals surface area contributed by atoms with Gasteiger partial charge in [0.25, 0.3) is 5.91 Å². The molecule has 0 atom stereocenters. The molecule has 0 bridgehead atoms. The molecule has 1 aromatic heterocycles. The molecule has 0 aliphatic carbocycles. The Balaban J connectivity index is 2.31. The van der Waals surface area contributed by atoms with E-state index in [9.17, 15) is 4.79 Å². The number of nitrogens with one attached hydrogen (secondary N) is 1. The van der Waals surface area contributed by atoms with Crippen LogP contribution in [-0.4, -0.2) is 47.4 Å². The van der Waals surface area contributed by atoms with Gasteiger partial charge in [0.15, 0.2) is 0 Å². The molecule has 1 amide bonds. The second kappa shape index (κ2) is 6.69. The van der Waals surface area contributed by atoms with Gasteiger partial charge in [0, 0.05) is 42.6 Å². The van der Waals surface area contributed by atoms with E-state index >= 15 is 0 Å². The molecule has 1 N–H and O–H groups in total. The van der Waals surface area contributed by atoms with E-state index in [4.69, 9.17) is 0 Å². The molecule has 4 nitrogen and oxygen atoms in total. The van der Waals surface area contributed by atoms with Crippen molar-refractivity contribution in [1.29, 1.82) is 0 Å². The van der Waals surface area contributed by atoms with Crippen molar-refractivity contribution in [3.63, 3.8) is 0 Å². The first-order valence-corrected chi connectivity index (χ1v) is 8.64. The maximum absolute atomic E-state index is 12.8. The maximum atomic E-state index is 12.8. The molecule has 1 aliphatic heterocycles. The molecule has 1 aromatic rings. The van der Waals surface area contributed by atoms with E-state index in [1.807, 2.05) is 35.8 Å². The Morgan fingerprint density at radius 3 is 2.71 bits per heavy atom. The Morgan fingerprint density at radius 2 is 2.05 bits per heavy atom. The van der Waals surface area contributed by atoms with Gasteiger partial charge in [0.1, 0.15) is 5.82 Å². The van der Waals surface area contributed by atoms with Gasteiger partial charge in [-0.25, -0.2) is 4.98 Å². The molecule has 116 valence electrons. The van der Waals surface area contributed by atoms with Crippen LogP contribution in [0.4, 0.5) is 5.82 Å². The van der Waals surface area contributed by atoms with Crippen LogP contribution < -0.4 is 5.32 Å². The summed E-state index contributed by atoms with van der Waals surface area (Å²) in [7, 11) is 1.84. The number of anilines is 1. The second-order valence-electron chi connectivity index (χ2n) is 6.38. The number of rotatable bonds is 2. The maximum Gasteiger partial charge on any atom is 0.254 e. The van der Waals surface area contributed by atoms with Gasteiger partial charge in [-0.15, -0.1) is 0 Å². The first-order valence-electron chi connectivity index (χ1n) is 7.49. The number of pyridine rings is 1. The Morgan fingerprint density at radius 1 is 1.29 bits per heavy atom. The molecule has 0 unspecified atom stereocenters. The largest absolute Gasteiger partial charge is 0.373 e. The molecule has 1 fully saturated rings. The van der Waals surface area contributed by atoms with E-state index in [2.05, 4.69) is 31.1 Å². The average molecular weight is 307 g/mol. The van der Waals surface area contributed by atoms with Gasteiger partial charge >= 0.3 is 0 Å². The van der Waals surface area contributed by atoms with Crippen molar-refractivity contribution in [2.45, 2.75) is 32.6 Å². The summed E-state index contributed by atoms with van der Waals surface area (Å²) in [6.45, 7) is 8.04. The molecule has 5 heteroatoms. The summed E-state index contributed by atoms with van der Waals surface area (Å²) in [4.78, 5) is 19.3. The quantitative estimate of drug-likeness (QED) is 0.912.